The van der Waals surface area contributed by atoms with E-state index in [9.17, 15) is 0 Å². The Morgan fingerprint density at radius 3 is 2.65 bits per heavy atom. The molecule has 3 nitrogen and oxygen atoms in total. The zero-order valence-corrected chi connectivity index (χ0v) is 11.6. The first-order chi connectivity index (χ1) is 8.19. The highest BCUT2D eigenvalue weighted by atomic mass is 16.3. The van der Waals surface area contributed by atoms with Crippen LogP contribution in [0.3, 0.4) is 0 Å². The summed E-state index contributed by atoms with van der Waals surface area (Å²) in [6, 6.07) is 4.56. The molecule has 2 unspecified atom stereocenters. The maximum atomic E-state index is 5.42. The molecule has 0 fully saturated rings. The molecule has 0 spiro atoms. The van der Waals surface area contributed by atoms with E-state index >= 15 is 0 Å². The Kier molecular flexibility index (Phi) is 6.30. The van der Waals surface area contributed by atoms with Crippen LogP contribution >= 0.6 is 0 Å². The van der Waals surface area contributed by atoms with Crippen molar-refractivity contribution in [3.8, 4) is 0 Å². The van der Waals surface area contributed by atoms with Crippen molar-refractivity contribution in [3.63, 3.8) is 0 Å². The highest BCUT2D eigenvalue weighted by Gasteiger charge is 2.19. The van der Waals surface area contributed by atoms with E-state index in [4.69, 9.17) is 4.42 Å². The van der Waals surface area contributed by atoms with Crippen LogP contribution in [0.15, 0.2) is 22.8 Å². The topological polar surface area (TPSA) is 28.4 Å². The second kappa shape index (κ2) is 7.51. The van der Waals surface area contributed by atoms with Gasteiger partial charge in [0.05, 0.1) is 12.8 Å². The molecular formula is C14H26N2O. The average Bonchev–Trinajstić information content (AvgIpc) is 2.84. The Morgan fingerprint density at radius 2 is 2.12 bits per heavy atom. The first kappa shape index (κ1) is 14.3. The fraction of sp³-hybridized carbons (Fsp3) is 0.714. The number of nitrogens with zero attached hydrogens (tertiary/aromatic N) is 1. The third kappa shape index (κ3) is 4.52. The molecule has 1 rings (SSSR count). The predicted molar refractivity (Wildman–Crippen MR) is 72.0 cm³/mol. The average molecular weight is 238 g/mol. The lowest BCUT2D eigenvalue weighted by Gasteiger charge is -2.31. The van der Waals surface area contributed by atoms with Gasteiger partial charge in [-0.05, 0) is 44.6 Å². The third-order valence-electron chi connectivity index (χ3n) is 3.46. The molecule has 1 aromatic rings. The standard InChI is InChI=1S/C14H26N2O/c1-5-15-10-12(3)13(4)16(6-2)11-14-8-7-9-17-14/h7-9,12-13,15H,5-6,10-11H2,1-4H3. The maximum Gasteiger partial charge on any atom is 0.117 e. The molecule has 1 heterocycles. The summed E-state index contributed by atoms with van der Waals surface area (Å²) in [5.74, 6) is 1.69. The van der Waals surface area contributed by atoms with Gasteiger partial charge >= 0.3 is 0 Å². The van der Waals surface area contributed by atoms with Gasteiger partial charge in [-0.15, -0.1) is 0 Å². The van der Waals surface area contributed by atoms with Gasteiger partial charge in [-0.3, -0.25) is 4.90 Å². The molecule has 0 amide bonds. The highest BCUT2D eigenvalue weighted by molar-refractivity contribution is 4.98. The number of nitrogens with one attached hydrogen (secondary N) is 1. The normalized spacial score (nSPS) is 15.1. The van der Waals surface area contributed by atoms with Crippen molar-refractivity contribution in [1.29, 1.82) is 0 Å². The molecule has 98 valence electrons. The van der Waals surface area contributed by atoms with E-state index in [0.29, 0.717) is 12.0 Å². The second-order valence-electron chi connectivity index (χ2n) is 4.67. The van der Waals surface area contributed by atoms with Crippen molar-refractivity contribution in [2.75, 3.05) is 19.6 Å². The van der Waals surface area contributed by atoms with Crippen molar-refractivity contribution >= 4 is 0 Å². The van der Waals surface area contributed by atoms with E-state index in [1.165, 1.54) is 0 Å². The Bertz CT molecular complexity index is 284. The first-order valence-corrected chi connectivity index (χ1v) is 6.66. The molecule has 0 saturated carbocycles. The summed E-state index contributed by atoms with van der Waals surface area (Å²) in [4.78, 5) is 2.46. The van der Waals surface area contributed by atoms with E-state index < -0.39 is 0 Å². The zero-order valence-electron chi connectivity index (χ0n) is 11.6. The molecule has 1 N–H and O–H groups in total. The summed E-state index contributed by atoms with van der Waals surface area (Å²) in [5, 5.41) is 3.42. The van der Waals surface area contributed by atoms with Crippen molar-refractivity contribution in [1.82, 2.24) is 10.2 Å². The molecule has 0 bridgehead atoms. The summed E-state index contributed by atoms with van der Waals surface area (Å²) in [7, 11) is 0. The van der Waals surface area contributed by atoms with Crippen LogP contribution in [0, 0.1) is 5.92 Å². The lowest BCUT2D eigenvalue weighted by molar-refractivity contribution is 0.149. The molecule has 0 saturated heterocycles. The van der Waals surface area contributed by atoms with E-state index in [1.54, 1.807) is 6.26 Å². The fourth-order valence-corrected chi connectivity index (χ4v) is 2.05. The van der Waals surface area contributed by atoms with Crippen LogP contribution in [-0.2, 0) is 6.54 Å². The van der Waals surface area contributed by atoms with Gasteiger partial charge in [0.25, 0.3) is 0 Å². The summed E-state index contributed by atoms with van der Waals surface area (Å²) in [6.45, 7) is 13.0. The molecule has 0 radical (unpaired) electrons. The lowest BCUT2D eigenvalue weighted by Crippen LogP contribution is -2.40. The molecular weight excluding hydrogens is 212 g/mol. The van der Waals surface area contributed by atoms with Crippen molar-refractivity contribution < 1.29 is 4.42 Å². The van der Waals surface area contributed by atoms with E-state index in [1.807, 2.05) is 12.1 Å². The third-order valence-corrected chi connectivity index (χ3v) is 3.46. The van der Waals surface area contributed by atoms with E-state index in [-0.39, 0.29) is 0 Å². The van der Waals surface area contributed by atoms with Gasteiger partial charge in [0.1, 0.15) is 5.76 Å². The Balaban J connectivity index is 2.48. The molecule has 0 aromatic carbocycles. The predicted octanol–water partition coefficient (Wildman–Crippen LogP) is 2.74. The molecule has 2 atom stereocenters. The van der Waals surface area contributed by atoms with E-state index in [2.05, 4.69) is 37.9 Å². The number of hydrogen-bond acceptors (Lipinski definition) is 3. The van der Waals surface area contributed by atoms with Crippen molar-refractivity contribution in [2.24, 2.45) is 5.92 Å². The fourth-order valence-electron chi connectivity index (χ4n) is 2.05. The van der Waals surface area contributed by atoms with Crippen molar-refractivity contribution in [2.45, 2.75) is 40.3 Å². The van der Waals surface area contributed by atoms with Gasteiger partial charge in [-0.25, -0.2) is 0 Å². The van der Waals surface area contributed by atoms with Crippen LogP contribution in [0.2, 0.25) is 0 Å². The SMILES string of the molecule is CCNCC(C)C(C)N(CC)Cc1ccco1. The molecule has 0 aliphatic heterocycles. The largest absolute Gasteiger partial charge is 0.468 e. The summed E-state index contributed by atoms with van der Waals surface area (Å²) in [6.07, 6.45) is 1.75. The Labute approximate surface area is 105 Å². The number of furan rings is 1. The van der Waals surface area contributed by atoms with Gasteiger partial charge < -0.3 is 9.73 Å². The van der Waals surface area contributed by atoms with Crippen LogP contribution in [0.5, 0.6) is 0 Å². The molecule has 1 aromatic heterocycles. The van der Waals surface area contributed by atoms with Gasteiger partial charge in [-0.2, -0.15) is 0 Å². The number of rotatable bonds is 8. The van der Waals surface area contributed by atoms with Crippen LogP contribution in [0.1, 0.15) is 33.5 Å². The van der Waals surface area contributed by atoms with Crippen LogP contribution in [0.25, 0.3) is 0 Å². The molecule has 0 aliphatic carbocycles. The van der Waals surface area contributed by atoms with Crippen LogP contribution in [0.4, 0.5) is 0 Å². The second-order valence-corrected chi connectivity index (χ2v) is 4.67. The molecule has 0 aliphatic rings. The lowest BCUT2D eigenvalue weighted by atomic mass is 10.0. The van der Waals surface area contributed by atoms with Gasteiger partial charge in [0.2, 0.25) is 0 Å². The maximum absolute atomic E-state index is 5.42. The molecule has 17 heavy (non-hydrogen) atoms. The Morgan fingerprint density at radius 1 is 1.35 bits per heavy atom. The van der Waals surface area contributed by atoms with E-state index in [0.717, 1.165) is 31.9 Å². The van der Waals surface area contributed by atoms with Gasteiger partial charge in [-0.1, -0.05) is 20.8 Å². The summed E-state index contributed by atoms with van der Waals surface area (Å²) in [5.41, 5.74) is 0. The minimum absolute atomic E-state index is 0.559. The number of hydrogen-bond donors (Lipinski definition) is 1. The highest BCUT2D eigenvalue weighted by Crippen LogP contribution is 2.14. The van der Waals surface area contributed by atoms with Gasteiger partial charge in [0, 0.05) is 6.04 Å². The van der Waals surface area contributed by atoms with Crippen LogP contribution < -0.4 is 5.32 Å². The minimum Gasteiger partial charge on any atom is -0.468 e. The quantitative estimate of drug-likeness (QED) is 0.755. The first-order valence-electron chi connectivity index (χ1n) is 6.66. The molecule has 3 heteroatoms. The van der Waals surface area contributed by atoms with Crippen LogP contribution in [-0.4, -0.2) is 30.6 Å². The zero-order chi connectivity index (χ0) is 12.7. The minimum atomic E-state index is 0.559. The summed E-state index contributed by atoms with van der Waals surface area (Å²) < 4.78 is 5.42. The monoisotopic (exact) mass is 238 g/mol. The smallest absolute Gasteiger partial charge is 0.117 e. The van der Waals surface area contributed by atoms with Gasteiger partial charge in [0.15, 0.2) is 0 Å². The Hall–Kier alpha value is -0.800. The van der Waals surface area contributed by atoms with Crippen molar-refractivity contribution in [3.05, 3.63) is 24.2 Å². The summed E-state index contributed by atoms with van der Waals surface area (Å²) >= 11 is 0.